The predicted molar refractivity (Wildman–Crippen MR) is 97.0 cm³/mol. The summed E-state index contributed by atoms with van der Waals surface area (Å²) in [7, 11) is 0. The molecule has 0 bridgehead atoms. The molecule has 4 heteroatoms. The summed E-state index contributed by atoms with van der Waals surface area (Å²) >= 11 is 1.02. The van der Waals surface area contributed by atoms with Crippen LogP contribution in [-0.2, 0) is 4.79 Å². The molecular formula is C18H36KNO2. The van der Waals surface area contributed by atoms with E-state index < -0.39 is 5.97 Å². The van der Waals surface area contributed by atoms with Gasteiger partial charge in [-0.3, -0.25) is 4.79 Å². The number of carboxylic acid groups (broad SMARTS) is 1. The summed E-state index contributed by atoms with van der Waals surface area (Å²) < 4.78 is 1.09. The Morgan fingerprint density at radius 3 is 2.00 bits per heavy atom. The normalized spacial score (nSPS) is 12.3. The number of carboxylic acids is 1. The third-order valence-corrected chi connectivity index (χ3v) is 6.37. The van der Waals surface area contributed by atoms with E-state index in [1.807, 2.05) is 0 Å². The Balaban J connectivity index is 0. The van der Waals surface area contributed by atoms with Crippen molar-refractivity contribution in [3.63, 3.8) is 0 Å². The number of hydrogen-bond donors (Lipinski definition) is 2. The van der Waals surface area contributed by atoms with Crippen LogP contribution in [0.4, 0.5) is 0 Å². The van der Waals surface area contributed by atoms with Crippen LogP contribution in [0.1, 0.15) is 90.4 Å². The van der Waals surface area contributed by atoms with Gasteiger partial charge in [0.2, 0.25) is 0 Å². The van der Waals surface area contributed by atoms with Gasteiger partial charge in [-0.05, 0) is 6.42 Å². The summed E-state index contributed by atoms with van der Waals surface area (Å²) in [4.78, 5) is 10.3. The molecule has 1 atom stereocenters. The number of rotatable bonds is 15. The van der Waals surface area contributed by atoms with E-state index in [0.717, 1.165) is 61.8 Å². The van der Waals surface area contributed by atoms with E-state index in [0.29, 0.717) is 6.42 Å². The first-order chi connectivity index (χ1) is 10.2. The molecule has 0 fully saturated rings. The zero-order valence-corrected chi connectivity index (χ0v) is 18.1. The van der Waals surface area contributed by atoms with Gasteiger partial charge in [0.05, 0.1) is 0 Å². The van der Waals surface area contributed by atoms with Crippen molar-refractivity contribution < 1.29 is 9.90 Å². The molecule has 0 saturated carbocycles. The molecule has 0 rings (SSSR count). The first-order valence-corrected chi connectivity index (χ1v) is 10.8. The van der Waals surface area contributed by atoms with Crippen molar-refractivity contribution in [3.05, 3.63) is 12.2 Å². The Labute approximate surface area is 171 Å². The average Bonchev–Trinajstić information content (AvgIpc) is 2.46. The summed E-state index contributed by atoms with van der Waals surface area (Å²) in [6, 6.07) is 0. The van der Waals surface area contributed by atoms with Crippen LogP contribution in [-0.4, -0.2) is 60.0 Å². The summed E-state index contributed by atoms with van der Waals surface area (Å²) in [6.07, 6.45) is 20.1. The van der Waals surface area contributed by atoms with Gasteiger partial charge < -0.3 is 11.3 Å². The van der Waals surface area contributed by atoms with Crippen molar-refractivity contribution in [2.75, 3.05) is 0 Å². The summed E-state index contributed by atoms with van der Waals surface area (Å²) in [5.74, 6) is -0.662. The van der Waals surface area contributed by atoms with Crippen molar-refractivity contribution in [1.29, 1.82) is 0 Å². The van der Waals surface area contributed by atoms with E-state index in [1.165, 1.54) is 64.2 Å². The van der Waals surface area contributed by atoms with Crippen LogP contribution in [0.5, 0.6) is 0 Å². The van der Waals surface area contributed by atoms with Gasteiger partial charge in [-0.2, -0.15) is 0 Å². The molecule has 0 aliphatic carbocycles. The van der Waals surface area contributed by atoms with Gasteiger partial charge in [-0.25, -0.2) is 0 Å². The zero-order valence-electron chi connectivity index (χ0n) is 15.0. The molecule has 126 valence electrons. The molecule has 0 aliphatic rings. The molecule has 0 aromatic carbocycles. The van der Waals surface area contributed by atoms with E-state index >= 15 is 0 Å². The Bertz CT molecular complexity index is 270. The second-order valence-electron chi connectivity index (χ2n) is 6.32. The summed E-state index contributed by atoms with van der Waals surface area (Å²) in [6.45, 7) is 2.32. The average molecular weight is 338 g/mol. The van der Waals surface area contributed by atoms with Crippen LogP contribution in [0, 0.1) is 0 Å². The van der Waals surface area contributed by atoms with E-state index in [4.69, 9.17) is 5.11 Å². The number of allylic oxidation sites excluding steroid dienone is 2. The van der Waals surface area contributed by atoms with Crippen LogP contribution in [0.25, 0.3) is 0 Å². The SMILES string of the molecule is CC[CH]([K])CCCCC/C=C\CCCCCCCC(=O)O.N. The maximum atomic E-state index is 10.3. The minimum absolute atomic E-state index is 0. The summed E-state index contributed by atoms with van der Waals surface area (Å²) in [5.41, 5.74) is 0. The molecule has 3 nitrogen and oxygen atoms in total. The number of carbonyl (C=O) groups is 1. The van der Waals surface area contributed by atoms with Gasteiger partial charge in [0.25, 0.3) is 0 Å². The third-order valence-electron chi connectivity index (χ3n) is 4.19. The fraction of sp³-hybridized carbons (Fsp3) is 0.833. The van der Waals surface area contributed by atoms with E-state index in [1.54, 1.807) is 0 Å². The van der Waals surface area contributed by atoms with Crippen LogP contribution in [0.2, 0.25) is 0.0125 Å². The van der Waals surface area contributed by atoms with E-state index in [-0.39, 0.29) is 6.15 Å². The van der Waals surface area contributed by atoms with Crippen molar-refractivity contribution in [2.45, 2.75) is 90.4 Å². The molecule has 0 saturated heterocycles. The standard InChI is InChI=1S/C18H33O2.K.H3N/c1-2-3-4-5-6-7-8-9-10-11-12-13-14-15-16-17-18(19)20;;/h3,9-10H,2,4-8,11-17H2,1H3,(H,19,20);;1H3/b10-9-;;. The molecule has 0 aliphatic heterocycles. The van der Waals surface area contributed by atoms with Crippen LogP contribution < -0.4 is 6.15 Å². The number of hydrogen-bond acceptors (Lipinski definition) is 2. The van der Waals surface area contributed by atoms with Gasteiger partial charge in [0.1, 0.15) is 0 Å². The number of unbranched alkanes of at least 4 members (excludes halogenated alkanes) is 8. The minimum atomic E-state index is -0.662. The van der Waals surface area contributed by atoms with Crippen molar-refractivity contribution in [3.8, 4) is 0 Å². The smallest absolute Gasteiger partial charge is 0.481 e. The van der Waals surface area contributed by atoms with Crippen molar-refractivity contribution in [2.24, 2.45) is 0 Å². The Kier molecular flexibility index (Phi) is 22.6. The fourth-order valence-electron chi connectivity index (χ4n) is 2.44. The van der Waals surface area contributed by atoms with Crippen LogP contribution in [0.15, 0.2) is 12.2 Å². The minimum Gasteiger partial charge on any atom is -0.481 e. The Hall–Kier alpha value is 0.806. The second kappa shape index (κ2) is 19.9. The van der Waals surface area contributed by atoms with Gasteiger partial charge in [0.15, 0.2) is 0 Å². The van der Waals surface area contributed by atoms with Crippen molar-refractivity contribution in [1.82, 2.24) is 6.15 Å². The van der Waals surface area contributed by atoms with Crippen LogP contribution >= 0.6 is 0 Å². The van der Waals surface area contributed by atoms with E-state index in [9.17, 15) is 4.79 Å². The molecular weight excluding hydrogens is 301 g/mol. The molecule has 0 heterocycles. The third kappa shape index (κ3) is 20.8. The molecule has 0 spiro atoms. The molecule has 4 N–H and O–H groups in total. The first-order valence-electron chi connectivity index (χ1n) is 9.03. The quantitative estimate of drug-likeness (QED) is 0.224. The summed E-state index contributed by atoms with van der Waals surface area (Å²) in [5, 5.41) is 8.52. The molecule has 1 unspecified atom stereocenters. The monoisotopic (exact) mass is 337 g/mol. The number of aliphatic carboxylic acids is 1. The molecule has 0 aromatic rings. The predicted octanol–water partition coefficient (Wildman–Crippen LogP) is 5.84. The van der Waals surface area contributed by atoms with Crippen LogP contribution in [0.3, 0.4) is 0 Å². The molecule has 22 heavy (non-hydrogen) atoms. The van der Waals surface area contributed by atoms with Crippen molar-refractivity contribution >= 4 is 54.9 Å². The molecule has 0 amide bonds. The molecule has 0 aromatic heterocycles. The topological polar surface area (TPSA) is 72.3 Å². The molecule has 0 radical (unpaired) electrons. The van der Waals surface area contributed by atoms with Gasteiger partial charge in [0, 0.05) is 6.42 Å². The zero-order chi connectivity index (χ0) is 15.8. The Morgan fingerprint density at radius 2 is 1.45 bits per heavy atom. The van der Waals surface area contributed by atoms with Gasteiger partial charge >= 0.3 is 138 Å². The van der Waals surface area contributed by atoms with Gasteiger partial charge in [-0.15, -0.1) is 0 Å². The second-order valence-corrected chi connectivity index (χ2v) is 8.87. The van der Waals surface area contributed by atoms with E-state index in [2.05, 4.69) is 19.1 Å². The van der Waals surface area contributed by atoms with Gasteiger partial charge in [-0.1, -0.05) is 6.42 Å². The Morgan fingerprint density at radius 1 is 0.955 bits per heavy atom. The first kappa shape index (κ1) is 25.1. The maximum absolute atomic E-state index is 10.3. The fourth-order valence-corrected chi connectivity index (χ4v) is 3.08.